The number of aliphatic hydroxyl groups excluding tert-OH is 1. The Balaban J connectivity index is 1.75. The molecule has 0 radical (unpaired) electrons. The van der Waals surface area contributed by atoms with Crippen LogP contribution in [-0.2, 0) is 4.79 Å². The number of H-pyrrole nitrogens is 1. The number of aromatic nitrogens is 2. The van der Waals surface area contributed by atoms with E-state index in [0.29, 0.717) is 16.3 Å². The van der Waals surface area contributed by atoms with Crippen molar-refractivity contribution < 1.29 is 14.7 Å². The van der Waals surface area contributed by atoms with Gasteiger partial charge >= 0.3 is 0 Å². The van der Waals surface area contributed by atoms with Crippen molar-refractivity contribution in [3.05, 3.63) is 92.8 Å². The van der Waals surface area contributed by atoms with Crippen LogP contribution in [0.3, 0.4) is 0 Å². The molecule has 6 nitrogen and oxygen atoms in total. The van der Waals surface area contributed by atoms with Gasteiger partial charge in [-0.15, -0.1) is 11.3 Å². The Morgan fingerprint density at radius 1 is 1.12 bits per heavy atom. The van der Waals surface area contributed by atoms with Gasteiger partial charge in [-0.2, -0.15) is 0 Å². The zero-order valence-corrected chi connectivity index (χ0v) is 18.7. The van der Waals surface area contributed by atoms with Crippen molar-refractivity contribution in [2.24, 2.45) is 0 Å². The number of hydrogen-bond acceptors (Lipinski definition) is 5. The number of nitrogens with one attached hydrogen (secondary N) is 1. The second-order valence-corrected chi connectivity index (χ2v) is 9.15. The molecule has 0 spiro atoms. The van der Waals surface area contributed by atoms with E-state index in [-0.39, 0.29) is 11.4 Å². The van der Waals surface area contributed by atoms with E-state index in [1.165, 1.54) is 16.2 Å². The summed E-state index contributed by atoms with van der Waals surface area (Å²) in [5.41, 5.74) is 3.91. The van der Waals surface area contributed by atoms with Gasteiger partial charge in [-0.1, -0.05) is 30.3 Å². The molecule has 0 bridgehead atoms. The van der Waals surface area contributed by atoms with Gasteiger partial charge in [0.1, 0.15) is 0 Å². The highest BCUT2D eigenvalue weighted by atomic mass is 32.1. The molecule has 4 aromatic rings. The maximum atomic E-state index is 13.7. The van der Waals surface area contributed by atoms with Crippen LogP contribution < -0.4 is 4.90 Å². The van der Waals surface area contributed by atoms with Crippen molar-refractivity contribution >= 4 is 39.6 Å². The number of anilines is 1. The van der Waals surface area contributed by atoms with Crippen LogP contribution in [0.1, 0.15) is 37.5 Å². The molecular weight excluding hydrogens is 422 g/mol. The Morgan fingerprint density at radius 3 is 2.62 bits per heavy atom. The summed E-state index contributed by atoms with van der Waals surface area (Å²) in [6, 6.07) is 14.4. The summed E-state index contributed by atoms with van der Waals surface area (Å²) < 4.78 is 0. The van der Waals surface area contributed by atoms with E-state index >= 15 is 0 Å². The van der Waals surface area contributed by atoms with Crippen molar-refractivity contribution in [1.82, 2.24) is 9.97 Å². The fraction of sp³-hybridized carbons (Fsp3) is 0.160. The number of aromatic amines is 1. The van der Waals surface area contributed by atoms with Gasteiger partial charge in [-0.3, -0.25) is 14.5 Å². The smallest absolute Gasteiger partial charge is 0.294 e. The van der Waals surface area contributed by atoms with Crippen LogP contribution in [0.5, 0.6) is 0 Å². The molecule has 0 aliphatic carbocycles. The first-order valence-electron chi connectivity index (χ1n) is 10.2. The Hall–Kier alpha value is -3.71. The van der Waals surface area contributed by atoms with Crippen molar-refractivity contribution in [2.45, 2.75) is 26.8 Å². The molecule has 1 amide bonds. The van der Waals surface area contributed by atoms with E-state index < -0.39 is 17.7 Å². The first kappa shape index (κ1) is 20.2. The summed E-state index contributed by atoms with van der Waals surface area (Å²) in [7, 11) is 0. The lowest BCUT2D eigenvalue weighted by molar-refractivity contribution is -0.117. The lowest BCUT2D eigenvalue weighted by Crippen LogP contribution is -2.31. The van der Waals surface area contributed by atoms with Crippen LogP contribution >= 0.6 is 11.3 Å². The van der Waals surface area contributed by atoms with Gasteiger partial charge in [0.05, 0.1) is 27.2 Å². The molecule has 2 N–H and O–H groups in total. The molecule has 0 saturated heterocycles. The van der Waals surface area contributed by atoms with Crippen LogP contribution in [0.4, 0.5) is 5.69 Å². The zero-order chi connectivity index (χ0) is 22.6. The zero-order valence-electron chi connectivity index (χ0n) is 17.8. The first-order chi connectivity index (χ1) is 15.4. The number of amides is 1. The molecule has 0 fully saturated rings. The molecule has 0 saturated carbocycles. The summed E-state index contributed by atoms with van der Waals surface area (Å²) in [6.45, 7) is 5.54. The number of aryl methyl sites for hydroxylation is 3. The second kappa shape index (κ2) is 7.46. The van der Waals surface area contributed by atoms with Crippen LogP contribution in [0.25, 0.3) is 10.9 Å². The number of aliphatic hydroxyl groups is 1. The third kappa shape index (κ3) is 3.05. The normalized spacial score (nSPS) is 16.4. The van der Waals surface area contributed by atoms with E-state index in [1.54, 1.807) is 6.92 Å². The standard InChI is InChI=1S/C25H21N3O3S/c1-13-7-6-8-16(11-13)28-21(18-12-26-19-10-5-4-9-17(18)19)20(23(30)25(28)31)22(29)24-14(2)27-15(3)32-24/h4-12,21,26,30H,1-3H3. The predicted octanol–water partition coefficient (Wildman–Crippen LogP) is 5.33. The Morgan fingerprint density at radius 2 is 1.91 bits per heavy atom. The minimum Gasteiger partial charge on any atom is -0.503 e. The molecule has 160 valence electrons. The van der Waals surface area contributed by atoms with Crippen LogP contribution in [-0.4, -0.2) is 26.8 Å². The van der Waals surface area contributed by atoms with E-state index in [0.717, 1.165) is 27.0 Å². The number of fused-ring (bicyclic) bond motifs is 1. The third-order valence-electron chi connectivity index (χ3n) is 5.76. The fourth-order valence-corrected chi connectivity index (χ4v) is 5.23. The molecule has 2 aromatic carbocycles. The highest BCUT2D eigenvalue weighted by Crippen LogP contribution is 2.44. The number of thiazole rings is 1. The van der Waals surface area contributed by atoms with Gasteiger partial charge in [0.2, 0.25) is 5.78 Å². The number of nitrogens with zero attached hydrogens (tertiary/aromatic N) is 2. The van der Waals surface area contributed by atoms with Crippen molar-refractivity contribution in [2.75, 3.05) is 4.90 Å². The Bertz CT molecular complexity index is 1430. The monoisotopic (exact) mass is 443 g/mol. The largest absolute Gasteiger partial charge is 0.503 e. The van der Waals surface area contributed by atoms with Crippen LogP contribution in [0, 0.1) is 20.8 Å². The Labute approximate surface area is 188 Å². The molecular formula is C25H21N3O3S. The molecule has 1 atom stereocenters. The number of rotatable bonds is 4. The van der Waals surface area contributed by atoms with Gasteiger partial charge in [-0.25, -0.2) is 4.98 Å². The van der Waals surface area contributed by atoms with Crippen LogP contribution in [0.15, 0.2) is 66.1 Å². The highest BCUT2D eigenvalue weighted by Gasteiger charge is 2.46. The average molecular weight is 444 g/mol. The third-order valence-corrected chi connectivity index (χ3v) is 6.83. The highest BCUT2D eigenvalue weighted by molar-refractivity contribution is 7.14. The maximum Gasteiger partial charge on any atom is 0.294 e. The summed E-state index contributed by atoms with van der Waals surface area (Å²) in [5.74, 6) is -1.48. The van der Waals surface area contributed by atoms with Gasteiger partial charge in [0, 0.05) is 28.4 Å². The van der Waals surface area contributed by atoms with Gasteiger partial charge < -0.3 is 10.1 Å². The van der Waals surface area contributed by atoms with Gasteiger partial charge in [0.25, 0.3) is 5.91 Å². The van der Waals surface area contributed by atoms with E-state index in [1.807, 2.05) is 68.6 Å². The van der Waals surface area contributed by atoms with E-state index in [4.69, 9.17) is 0 Å². The summed E-state index contributed by atoms with van der Waals surface area (Å²) in [6.07, 6.45) is 1.81. The summed E-state index contributed by atoms with van der Waals surface area (Å²) in [5, 5.41) is 12.6. The topological polar surface area (TPSA) is 86.3 Å². The lowest BCUT2D eigenvalue weighted by Gasteiger charge is -2.26. The number of benzene rings is 2. The molecule has 3 heterocycles. The number of carbonyl (C=O) groups is 2. The average Bonchev–Trinajstić information content (AvgIpc) is 3.41. The van der Waals surface area contributed by atoms with E-state index in [2.05, 4.69) is 9.97 Å². The number of carbonyl (C=O) groups excluding carboxylic acids is 2. The SMILES string of the molecule is Cc1cccc(N2C(=O)C(O)=C(C(=O)c3sc(C)nc3C)C2c2c[nH]c3ccccc23)c1. The number of para-hydroxylation sites is 1. The summed E-state index contributed by atoms with van der Waals surface area (Å²) in [4.78, 5) is 36.6. The fourth-order valence-electron chi connectivity index (χ4n) is 4.36. The molecule has 5 rings (SSSR count). The molecule has 7 heteroatoms. The van der Waals surface area contributed by atoms with Crippen molar-refractivity contribution in [1.29, 1.82) is 0 Å². The quantitative estimate of drug-likeness (QED) is 0.417. The van der Waals surface area contributed by atoms with Crippen molar-refractivity contribution in [3.63, 3.8) is 0 Å². The molecule has 1 unspecified atom stereocenters. The molecule has 32 heavy (non-hydrogen) atoms. The molecule has 2 aromatic heterocycles. The predicted molar refractivity (Wildman–Crippen MR) is 125 cm³/mol. The minimum atomic E-state index is -0.769. The molecule has 1 aliphatic rings. The van der Waals surface area contributed by atoms with Crippen molar-refractivity contribution in [3.8, 4) is 0 Å². The Kier molecular flexibility index (Phi) is 4.71. The number of Topliss-reactive ketones (excluding diaryl/α,β-unsaturated/α-hetero) is 1. The van der Waals surface area contributed by atoms with Gasteiger partial charge in [-0.05, 0) is 44.5 Å². The number of hydrogen-bond donors (Lipinski definition) is 2. The first-order valence-corrected chi connectivity index (χ1v) is 11.1. The van der Waals surface area contributed by atoms with E-state index in [9.17, 15) is 14.7 Å². The minimum absolute atomic E-state index is 0.0769. The number of ketones is 1. The lowest BCUT2D eigenvalue weighted by atomic mass is 9.94. The molecule has 1 aliphatic heterocycles. The van der Waals surface area contributed by atoms with Crippen LogP contribution in [0.2, 0.25) is 0 Å². The second-order valence-electron chi connectivity index (χ2n) is 7.95. The van der Waals surface area contributed by atoms with Gasteiger partial charge in [0.15, 0.2) is 5.76 Å². The summed E-state index contributed by atoms with van der Waals surface area (Å²) >= 11 is 1.27. The maximum absolute atomic E-state index is 13.7.